The van der Waals surface area contributed by atoms with Crippen LogP contribution in [0.1, 0.15) is 44.4 Å². The van der Waals surface area contributed by atoms with Gasteiger partial charge in [-0.3, -0.25) is 4.90 Å². The van der Waals surface area contributed by atoms with Crippen LogP contribution >= 0.6 is 0 Å². The number of piperazine rings is 1. The van der Waals surface area contributed by atoms with Crippen LogP contribution < -0.4 is 5.32 Å². The molecule has 4 heteroatoms. The van der Waals surface area contributed by atoms with Crippen LogP contribution in [0.15, 0.2) is 10.6 Å². The third-order valence-corrected chi connectivity index (χ3v) is 4.33. The summed E-state index contributed by atoms with van der Waals surface area (Å²) in [7, 11) is 0. The Morgan fingerprint density at radius 1 is 1.50 bits per heavy atom. The van der Waals surface area contributed by atoms with Crippen LogP contribution in [0.3, 0.4) is 0 Å². The topological polar surface area (TPSA) is 41.3 Å². The van der Waals surface area contributed by atoms with Gasteiger partial charge in [-0.05, 0) is 39.5 Å². The van der Waals surface area contributed by atoms with Gasteiger partial charge < -0.3 is 9.73 Å². The van der Waals surface area contributed by atoms with Crippen molar-refractivity contribution in [1.29, 1.82) is 0 Å². The Bertz CT molecular complexity index is 413. The molecule has 2 heterocycles. The van der Waals surface area contributed by atoms with Crippen LogP contribution in [-0.4, -0.2) is 35.1 Å². The van der Waals surface area contributed by atoms with Crippen LogP contribution in [0, 0.1) is 12.8 Å². The van der Waals surface area contributed by atoms with E-state index in [1.807, 2.05) is 13.1 Å². The van der Waals surface area contributed by atoms with E-state index < -0.39 is 0 Å². The van der Waals surface area contributed by atoms with Gasteiger partial charge in [0, 0.05) is 25.2 Å². The first-order chi connectivity index (χ1) is 8.65. The molecule has 1 N–H and O–H groups in total. The molecule has 1 aliphatic carbocycles. The molecule has 0 bridgehead atoms. The molecular weight excluding hydrogens is 226 g/mol. The van der Waals surface area contributed by atoms with E-state index in [0.717, 1.165) is 30.7 Å². The average molecular weight is 249 g/mol. The normalized spacial score (nSPS) is 31.5. The maximum atomic E-state index is 5.68. The van der Waals surface area contributed by atoms with E-state index in [1.165, 1.54) is 12.8 Å². The maximum absolute atomic E-state index is 5.68. The minimum absolute atomic E-state index is 0.275. The van der Waals surface area contributed by atoms with Crippen molar-refractivity contribution in [2.45, 2.75) is 51.7 Å². The van der Waals surface area contributed by atoms with E-state index in [9.17, 15) is 0 Å². The highest BCUT2D eigenvalue weighted by Crippen LogP contribution is 2.35. The zero-order chi connectivity index (χ0) is 12.7. The summed E-state index contributed by atoms with van der Waals surface area (Å²) in [5.74, 6) is 2.66. The van der Waals surface area contributed by atoms with Crippen molar-refractivity contribution < 1.29 is 4.42 Å². The van der Waals surface area contributed by atoms with E-state index in [2.05, 4.69) is 29.0 Å². The number of hydrogen-bond acceptors (Lipinski definition) is 4. The number of oxazole rings is 1. The third-order valence-electron chi connectivity index (χ3n) is 4.33. The Morgan fingerprint density at radius 3 is 2.89 bits per heavy atom. The number of rotatable bonds is 3. The van der Waals surface area contributed by atoms with Gasteiger partial charge in [0.2, 0.25) is 5.89 Å². The molecule has 1 saturated heterocycles. The Kier molecular flexibility index (Phi) is 3.16. The summed E-state index contributed by atoms with van der Waals surface area (Å²) in [5.41, 5.74) is 0. The molecule has 3 atom stereocenters. The van der Waals surface area contributed by atoms with Crippen LogP contribution in [0.25, 0.3) is 0 Å². The van der Waals surface area contributed by atoms with Gasteiger partial charge in [0.25, 0.3) is 0 Å². The van der Waals surface area contributed by atoms with Crippen molar-refractivity contribution in [2.24, 2.45) is 5.92 Å². The summed E-state index contributed by atoms with van der Waals surface area (Å²) in [4.78, 5) is 6.91. The number of nitrogens with zero attached hydrogens (tertiary/aromatic N) is 2. The monoisotopic (exact) mass is 249 g/mol. The van der Waals surface area contributed by atoms with Crippen molar-refractivity contribution in [1.82, 2.24) is 15.2 Å². The predicted molar refractivity (Wildman–Crippen MR) is 70.3 cm³/mol. The standard InChI is InChI=1S/C14H23N3O/c1-9-6-15-13(12-4-5-12)8-17(9)11(3)14-16-7-10(2)18-14/h7,9,11-13,15H,4-6,8H2,1-3H3. The molecule has 1 aliphatic heterocycles. The van der Waals surface area contributed by atoms with Crippen LogP contribution in [0.2, 0.25) is 0 Å². The first kappa shape index (κ1) is 12.2. The predicted octanol–water partition coefficient (Wildman–Crippen LogP) is 2.12. The smallest absolute Gasteiger partial charge is 0.211 e. The van der Waals surface area contributed by atoms with Gasteiger partial charge >= 0.3 is 0 Å². The zero-order valence-electron chi connectivity index (χ0n) is 11.5. The molecule has 1 saturated carbocycles. The van der Waals surface area contributed by atoms with E-state index in [0.29, 0.717) is 12.1 Å². The molecule has 3 unspecified atom stereocenters. The van der Waals surface area contributed by atoms with E-state index in [-0.39, 0.29) is 6.04 Å². The highest BCUT2D eigenvalue weighted by Gasteiger charge is 2.38. The zero-order valence-corrected chi connectivity index (χ0v) is 11.5. The molecule has 0 spiro atoms. The summed E-state index contributed by atoms with van der Waals surface area (Å²) in [5, 5.41) is 3.68. The van der Waals surface area contributed by atoms with Gasteiger partial charge in [-0.15, -0.1) is 0 Å². The van der Waals surface area contributed by atoms with Crippen molar-refractivity contribution >= 4 is 0 Å². The lowest BCUT2D eigenvalue weighted by atomic mass is 10.0. The van der Waals surface area contributed by atoms with Crippen molar-refractivity contribution in [3.63, 3.8) is 0 Å². The Hall–Kier alpha value is -0.870. The second kappa shape index (κ2) is 4.67. The highest BCUT2D eigenvalue weighted by molar-refractivity contribution is 5.00. The third kappa shape index (κ3) is 2.31. The largest absolute Gasteiger partial charge is 0.444 e. The van der Waals surface area contributed by atoms with Gasteiger partial charge in [0.1, 0.15) is 5.76 Å². The summed E-state index contributed by atoms with van der Waals surface area (Å²) in [6, 6.07) is 1.49. The summed E-state index contributed by atoms with van der Waals surface area (Å²) in [6.45, 7) is 8.64. The quantitative estimate of drug-likeness (QED) is 0.891. The molecule has 2 fully saturated rings. The van der Waals surface area contributed by atoms with Gasteiger partial charge in [-0.25, -0.2) is 4.98 Å². The van der Waals surface area contributed by atoms with Gasteiger partial charge in [-0.1, -0.05) is 0 Å². The van der Waals surface area contributed by atoms with E-state index >= 15 is 0 Å². The number of aryl methyl sites for hydroxylation is 1. The SMILES string of the molecule is Cc1cnc(C(C)N2CC(C3CC3)NCC2C)o1. The molecule has 0 amide bonds. The van der Waals surface area contributed by atoms with Gasteiger partial charge in [-0.2, -0.15) is 0 Å². The lowest BCUT2D eigenvalue weighted by Crippen LogP contribution is -2.56. The molecule has 1 aromatic rings. The van der Waals surface area contributed by atoms with Crippen LogP contribution in [0.5, 0.6) is 0 Å². The highest BCUT2D eigenvalue weighted by atomic mass is 16.4. The second-order valence-corrected chi connectivity index (χ2v) is 5.88. The number of hydrogen-bond donors (Lipinski definition) is 1. The minimum atomic E-state index is 0.275. The molecule has 2 aliphatic rings. The maximum Gasteiger partial charge on any atom is 0.211 e. The molecular formula is C14H23N3O. The van der Waals surface area contributed by atoms with Gasteiger partial charge in [0.15, 0.2) is 0 Å². The Morgan fingerprint density at radius 2 is 2.28 bits per heavy atom. The summed E-state index contributed by atoms with van der Waals surface area (Å²) < 4.78 is 5.68. The van der Waals surface area contributed by atoms with Gasteiger partial charge in [0.05, 0.1) is 12.2 Å². The minimum Gasteiger partial charge on any atom is -0.444 e. The molecule has 0 radical (unpaired) electrons. The van der Waals surface area contributed by atoms with Crippen LogP contribution in [0.4, 0.5) is 0 Å². The fourth-order valence-corrected chi connectivity index (χ4v) is 2.97. The van der Waals surface area contributed by atoms with Crippen molar-refractivity contribution in [2.75, 3.05) is 13.1 Å². The number of nitrogens with one attached hydrogen (secondary N) is 1. The molecule has 3 rings (SSSR count). The molecule has 100 valence electrons. The average Bonchev–Trinajstić information content (AvgIpc) is 3.11. The van der Waals surface area contributed by atoms with Crippen molar-refractivity contribution in [3.05, 3.63) is 17.8 Å². The van der Waals surface area contributed by atoms with E-state index in [1.54, 1.807) is 0 Å². The number of aromatic nitrogens is 1. The lowest BCUT2D eigenvalue weighted by molar-refractivity contribution is 0.0790. The summed E-state index contributed by atoms with van der Waals surface area (Å²) >= 11 is 0. The first-order valence-electron chi connectivity index (χ1n) is 7.06. The lowest BCUT2D eigenvalue weighted by Gasteiger charge is -2.41. The molecule has 0 aromatic carbocycles. The van der Waals surface area contributed by atoms with Crippen molar-refractivity contribution in [3.8, 4) is 0 Å². The molecule has 18 heavy (non-hydrogen) atoms. The first-order valence-corrected chi connectivity index (χ1v) is 7.06. The molecule has 4 nitrogen and oxygen atoms in total. The van der Waals surface area contributed by atoms with E-state index in [4.69, 9.17) is 4.42 Å². The summed E-state index contributed by atoms with van der Waals surface area (Å²) in [6.07, 6.45) is 4.61. The second-order valence-electron chi connectivity index (χ2n) is 5.88. The fraction of sp³-hybridized carbons (Fsp3) is 0.786. The fourth-order valence-electron chi connectivity index (χ4n) is 2.97. The molecule has 1 aromatic heterocycles. The Balaban J connectivity index is 1.72. The van der Waals surface area contributed by atoms with Crippen LogP contribution in [-0.2, 0) is 0 Å². The Labute approximate surface area is 109 Å².